The molecule has 0 aliphatic carbocycles. The third-order valence-corrected chi connectivity index (χ3v) is 5.50. The molecule has 4 rings (SSSR count). The van der Waals surface area contributed by atoms with Crippen LogP contribution >= 0.6 is 11.3 Å². The highest BCUT2D eigenvalue weighted by atomic mass is 32.1. The largest absolute Gasteiger partial charge is 0.448 e. The van der Waals surface area contributed by atoms with Gasteiger partial charge in [-0.2, -0.15) is 4.98 Å². The van der Waals surface area contributed by atoms with Crippen LogP contribution in [-0.2, 0) is 0 Å². The molecule has 0 bridgehead atoms. The molecule has 1 saturated heterocycles. The van der Waals surface area contributed by atoms with Gasteiger partial charge in [-0.25, -0.2) is 4.98 Å². The van der Waals surface area contributed by atoms with Crippen molar-refractivity contribution in [2.45, 2.75) is 19.9 Å². The Balaban J connectivity index is 1.39. The SMILES string of the molecule is Cc1ocnc1C(=O)N1CCN(C(C)c2nc(-c3cccs3)no2)CC1. The van der Waals surface area contributed by atoms with Crippen LogP contribution in [0.5, 0.6) is 0 Å². The van der Waals surface area contributed by atoms with Crippen molar-refractivity contribution in [2.75, 3.05) is 26.2 Å². The molecule has 4 heterocycles. The average Bonchev–Trinajstić information content (AvgIpc) is 3.41. The lowest BCUT2D eigenvalue weighted by Gasteiger charge is -2.36. The maximum atomic E-state index is 12.5. The summed E-state index contributed by atoms with van der Waals surface area (Å²) in [5, 5.41) is 6.06. The second-order valence-electron chi connectivity index (χ2n) is 6.19. The van der Waals surface area contributed by atoms with Gasteiger partial charge in [-0.1, -0.05) is 11.2 Å². The first-order valence-electron chi connectivity index (χ1n) is 8.44. The molecule has 136 valence electrons. The maximum absolute atomic E-state index is 12.5. The van der Waals surface area contributed by atoms with Crippen molar-refractivity contribution in [2.24, 2.45) is 0 Å². The third-order valence-electron chi connectivity index (χ3n) is 4.64. The van der Waals surface area contributed by atoms with E-state index in [2.05, 4.69) is 20.0 Å². The van der Waals surface area contributed by atoms with Crippen molar-refractivity contribution >= 4 is 17.2 Å². The van der Waals surface area contributed by atoms with E-state index in [0.29, 0.717) is 36.3 Å². The van der Waals surface area contributed by atoms with E-state index in [1.54, 1.807) is 23.2 Å². The predicted molar refractivity (Wildman–Crippen MR) is 94.7 cm³/mol. The Morgan fingerprint density at radius 3 is 2.77 bits per heavy atom. The van der Waals surface area contributed by atoms with E-state index in [1.165, 1.54) is 6.39 Å². The van der Waals surface area contributed by atoms with Gasteiger partial charge in [0.05, 0.1) is 10.9 Å². The van der Waals surface area contributed by atoms with Gasteiger partial charge in [0.15, 0.2) is 12.1 Å². The smallest absolute Gasteiger partial charge is 0.276 e. The van der Waals surface area contributed by atoms with Gasteiger partial charge in [-0.15, -0.1) is 11.3 Å². The number of oxazole rings is 1. The Labute approximate surface area is 154 Å². The molecule has 1 aliphatic rings. The van der Waals surface area contributed by atoms with E-state index in [-0.39, 0.29) is 11.9 Å². The van der Waals surface area contributed by atoms with Crippen molar-refractivity contribution in [1.29, 1.82) is 0 Å². The minimum absolute atomic E-state index is 0.00208. The molecule has 0 saturated carbocycles. The molecule has 0 radical (unpaired) electrons. The summed E-state index contributed by atoms with van der Waals surface area (Å²) >= 11 is 1.58. The van der Waals surface area contributed by atoms with Gasteiger partial charge in [0.1, 0.15) is 5.76 Å². The number of aryl methyl sites for hydroxylation is 1. The molecular weight excluding hydrogens is 354 g/mol. The Hall–Kier alpha value is -2.52. The molecule has 26 heavy (non-hydrogen) atoms. The van der Waals surface area contributed by atoms with Gasteiger partial charge in [0.2, 0.25) is 11.7 Å². The molecular formula is C17H19N5O3S. The van der Waals surface area contributed by atoms with Crippen LogP contribution in [0.25, 0.3) is 10.7 Å². The Morgan fingerprint density at radius 1 is 1.31 bits per heavy atom. The van der Waals surface area contributed by atoms with E-state index >= 15 is 0 Å². The number of thiophene rings is 1. The minimum Gasteiger partial charge on any atom is -0.448 e. The molecule has 1 atom stereocenters. The second kappa shape index (κ2) is 7.00. The summed E-state index contributed by atoms with van der Waals surface area (Å²) < 4.78 is 10.6. The van der Waals surface area contributed by atoms with Gasteiger partial charge in [-0.05, 0) is 25.3 Å². The van der Waals surface area contributed by atoms with Crippen LogP contribution in [-0.4, -0.2) is 57.0 Å². The molecule has 9 heteroatoms. The molecule has 8 nitrogen and oxygen atoms in total. The number of hydrogen-bond donors (Lipinski definition) is 0. The maximum Gasteiger partial charge on any atom is 0.276 e. The van der Waals surface area contributed by atoms with E-state index < -0.39 is 0 Å². The number of amides is 1. The van der Waals surface area contributed by atoms with Crippen molar-refractivity contribution in [1.82, 2.24) is 24.9 Å². The fourth-order valence-electron chi connectivity index (χ4n) is 3.04. The van der Waals surface area contributed by atoms with Crippen LogP contribution in [0.4, 0.5) is 0 Å². The van der Waals surface area contributed by atoms with E-state index in [0.717, 1.165) is 18.0 Å². The van der Waals surface area contributed by atoms with Gasteiger partial charge in [-0.3, -0.25) is 9.69 Å². The summed E-state index contributed by atoms with van der Waals surface area (Å²) in [6, 6.07) is 3.94. The fourth-order valence-corrected chi connectivity index (χ4v) is 3.69. The van der Waals surface area contributed by atoms with Crippen LogP contribution in [0.1, 0.15) is 35.1 Å². The monoisotopic (exact) mass is 373 g/mol. The molecule has 3 aromatic heterocycles. The van der Waals surface area contributed by atoms with Crippen LogP contribution in [0.2, 0.25) is 0 Å². The van der Waals surface area contributed by atoms with E-state index in [1.807, 2.05) is 24.4 Å². The first-order chi connectivity index (χ1) is 12.6. The van der Waals surface area contributed by atoms with Crippen LogP contribution in [0.15, 0.2) is 32.8 Å². The van der Waals surface area contributed by atoms with Gasteiger partial charge < -0.3 is 13.8 Å². The zero-order valence-corrected chi connectivity index (χ0v) is 15.4. The van der Waals surface area contributed by atoms with E-state index in [4.69, 9.17) is 8.94 Å². The lowest BCUT2D eigenvalue weighted by molar-refractivity contribution is 0.0545. The number of aromatic nitrogens is 3. The summed E-state index contributed by atoms with van der Waals surface area (Å²) in [5.41, 5.74) is 0.393. The highest BCUT2D eigenvalue weighted by Crippen LogP contribution is 2.26. The predicted octanol–water partition coefficient (Wildman–Crippen LogP) is 2.61. The molecule has 0 spiro atoms. The van der Waals surface area contributed by atoms with E-state index in [9.17, 15) is 4.79 Å². The first-order valence-corrected chi connectivity index (χ1v) is 9.32. The summed E-state index contributed by atoms with van der Waals surface area (Å²) in [6.45, 7) is 6.52. The van der Waals surface area contributed by atoms with Gasteiger partial charge in [0, 0.05) is 26.2 Å². The zero-order valence-electron chi connectivity index (χ0n) is 14.6. The molecule has 3 aromatic rings. The summed E-state index contributed by atoms with van der Waals surface area (Å²) in [4.78, 5) is 26.1. The van der Waals surface area contributed by atoms with Crippen LogP contribution in [0, 0.1) is 6.92 Å². The summed E-state index contributed by atoms with van der Waals surface area (Å²) in [6.07, 6.45) is 1.31. The highest BCUT2D eigenvalue weighted by molar-refractivity contribution is 7.13. The number of rotatable bonds is 4. The third kappa shape index (κ3) is 3.15. The minimum atomic E-state index is -0.0821. The second-order valence-corrected chi connectivity index (χ2v) is 7.14. The zero-order chi connectivity index (χ0) is 18.1. The Bertz CT molecular complexity index is 880. The van der Waals surface area contributed by atoms with Crippen molar-refractivity contribution in [3.05, 3.63) is 41.3 Å². The Kier molecular flexibility index (Phi) is 4.56. The molecule has 1 aliphatic heterocycles. The number of nitrogens with zero attached hydrogens (tertiary/aromatic N) is 5. The number of carbonyl (C=O) groups excluding carboxylic acids is 1. The van der Waals surface area contributed by atoms with Crippen LogP contribution < -0.4 is 0 Å². The van der Waals surface area contributed by atoms with Gasteiger partial charge in [0.25, 0.3) is 5.91 Å². The molecule has 1 unspecified atom stereocenters. The summed E-state index contributed by atoms with van der Waals surface area (Å²) in [5.74, 6) is 1.69. The number of hydrogen-bond acceptors (Lipinski definition) is 8. The van der Waals surface area contributed by atoms with Crippen LogP contribution in [0.3, 0.4) is 0 Å². The average molecular weight is 373 g/mol. The standard InChI is InChI=1S/C17H19N5O3S/c1-11(16-19-15(20-25-16)13-4-3-9-26-13)21-5-7-22(8-6-21)17(23)14-12(2)24-10-18-14/h3-4,9-11H,5-8H2,1-2H3. The summed E-state index contributed by atoms with van der Waals surface area (Å²) in [7, 11) is 0. The topological polar surface area (TPSA) is 88.5 Å². The molecule has 0 N–H and O–H groups in total. The van der Waals surface area contributed by atoms with Crippen molar-refractivity contribution in [3.63, 3.8) is 0 Å². The normalized spacial score (nSPS) is 16.8. The van der Waals surface area contributed by atoms with Gasteiger partial charge >= 0.3 is 0 Å². The van der Waals surface area contributed by atoms with Crippen molar-refractivity contribution in [3.8, 4) is 10.7 Å². The lowest BCUT2D eigenvalue weighted by Crippen LogP contribution is -2.49. The molecule has 0 aromatic carbocycles. The lowest BCUT2D eigenvalue weighted by atomic mass is 10.2. The molecule has 1 fully saturated rings. The number of piperazine rings is 1. The quantitative estimate of drug-likeness (QED) is 0.694. The fraction of sp³-hybridized carbons (Fsp3) is 0.412. The molecule has 1 amide bonds. The first kappa shape index (κ1) is 16.9. The van der Waals surface area contributed by atoms with Crippen molar-refractivity contribution < 1.29 is 13.7 Å². The Morgan fingerprint density at radius 2 is 2.12 bits per heavy atom. The number of carbonyl (C=O) groups is 1. The highest BCUT2D eigenvalue weighted by Gasteiger charge is 2.29.